The second kappa shape index (κ2) is 5.34. The van der Waals surface area contributed by atoms with Gasteiger partial charge in [0.25, 0.3) is 0 Å². The maximum absolute atomic E-state index is 13.5. The Labute approximate surface area is 99.9 Å². The van der Waals surface area contributed by atoms with E-state index in [0.29, 0.717) is 11.2 Å². The summed E-state index contributed by atoms with van der Waals surface area (Å²) in [6.07, 6.45) is 0. The molecule has 0 aliphatic heterocycles. The first-order chi connectivity index (χ1) is 7.43. The summed E-state index contributed by atoms with van der Waals surface area (Å²) in [7, 11) is 0. The zero-order valence-corrected chi connectivity index (χ0v) is 10.6. The van der Waals surface area contributed by atoms with Crippen LogP contribution in [0.15, 0.2) is 23.1 Å². The van der Waals surface area contributed by atoms with Gasteiger partial charge < -0.3 is 5.73 Å². The zero-order valence-electron chi connectivity index (χ0n) is 9.75. The van der Waals surface area contributed by atoms with Gasteiger partial charge in [-0.15, -0.1) is 11.8 Å². The monoisotopic (exact) mass is 240 g/mol. The van der Waals surface area contributed by atoms with Crippen molar-refractivity contribution in [3.63, 3.8) is 0 Å². The third kappa shape index (κ3) is 2.98. The molecule has 0 saturated heterocycles. The van der Waals surface area contributed by atoms with Gasteiger partial charge >= 0.3 is 0 Å². The summed E-state index contributed by atoms with van der Waals surface area (Å²) in [5.41, 5.74) is 5.62. The van der Waals surface area contributed by atoms with Gasteiger partial charge in [0.1, 0.15) is 11.7 Å². The summed E-state index contributed by atoms with van der Waals surface area (Å²) in [6, 6.07) is 4.79. The first-order valence-electron chi connectivity index (χ1n) is 5.23. The molecule has 1 rings (SSSR count). The Hall–Kier alpha value is -1.03. The molecule has 0 fully saturated rings. The number of thioether (sulfide) groups is 1. The van der Waals surface area contributed by atoms with Crippen molar-refractivity contribution in [1.29, 1.82) is 5.41 Å². The van der Waals surface area contributed by atoms with Crippen LogP contribution in [0, 0.1) is 17.1 Å². The van der Waals surface area contributed by atoms with E-state index in [1.807, 2.05) is 6.07 Å². The lowest BCUT2D eigenvalue weighted by atomic mass is 10.1. The molecular weight excluding hydrogens is 223 g/mol. The molecular formula is C12H17FN2S. The average Bonchev–Trinajstić information content (AvgIpc) is 2.16. The highest BCUT2D eigenvalue weighted by atomic mass is 32.2. The first-order valence-corrected chi connectivity index (χ1v) is 6.11. The SMILES string of the molecule is CC(C)C(C)Sc1cccc(F)c1C(=N)N. The molecule has 1 atom stereocenters. The van der Waals surface area contributed by atoms with E-state index in [-0.39, 0.29) is 11.4 Å². The smallest absolute Gasteiger partial charge is 0.135 e. The molecule has 0 aliphatic carbocycles. The van der Waals surface area contributed by atoms with Gasteiger partial charge in [-0.2, -0.15) is 0 Å². The molecule has 0 bridgehead atoms. The molecule has 88 valence electrons. The van der Waals surface area contributed by atoms with Crippen molar-refractivity contribution in [2.24, 2.45) is 11.7 Å². The van der Waals surface area contributed by atoms with Crippen LogP contribution in [0.5, 0.6) is 0 Å². The molecule has 0 aliphatic rings. The largest absolute Gasteiger partial charge is 0.384 e. The minimum atomic E-state index is -0.423. The quantitative estimate of drug-likeness (QED) is 0.482. The minimum absolute atomic E-state index is 0.212. The van der Waals surface area contributed by atoms with E-state index in [9.17, 15) is 4.39 Å². The molecule has 0 aromatic heterocycles. The van der Waals surface area contributed by atoms with Gasteiger partial charge in [-0.3, -0.25) is 5.41 Å². The van der Waals surface area contributed by atoms with Crippen LogP contribution in [-0.2, 0) is 0 Å². The van der Waals surface area contributed by atoms with Crippen LogP contribution in [-0.4, -0.2) is 11.1 Å². The average molecular weight is 240 g/mol. The Balaban J connectivity index is 3.04. The van der Waals surface area contributed by atoms with E-state index in [1.165, 1.54) is 6.07 Å². The Bertz CT molecular complexity index is 391. The molecule has 2 nitrogen and oxygen atoms in total. The lowest BCUT2D eigenvalue weighted by Crippen LogP contribution is -2.16. The van der Waals surface area contributed by atoms with Crippen LogP contribution in [0.3, 0.4) is 0 Å². The third-order valence-corrected chi connectivity index (χ3v) is 4.01. The number of nitrogens with two attached hydrogens (primary N) is 1. The number of nitrogen functional groups attached to an aromatic ring is 1. The normalized spacial score (nSPS) is 12.8. The third-order valence-electron chi connectivity index (χ3n) is 2.50. The van der Waals surface area contributed by atoms with Crippen molar-refractivity contribution in [3.05, 3.63) is 29.6 Å². The maximum Gasteiger partial charge on any atom is 0.135 e. The molecule has 4 heteroatoms. The highest BCUT2D eigenvalue weighted by Gasteiger charge is 2.15. The summed E-state index contributed by atoms with van der Waals surface area (Å²) in [4.78, 5) is 0.744. The molecule has 1 aromatic rings. The van der Waals surface area contributed by atoms with Crippen LogP contribution in [0.4, 0.5) is 4.39 Å². The van der Waals surface area contributed by atoms with E-state index < -0.39 is 5.82 Å². The van der Waals surface area contributed by atoms with E-state index in [0.717, 1.165) is 4.90 Å². The summed E-state index contributed by atoms with van der Waals surface area (Å²) in [6.45, 7) is 6.32. The Morgan fingerprint density at radius 3 is 2.50 bits per heavy atom. The minimum Gasteiger partial charge on any atom is -0.384 e. The molecule has 0 radical (unpaired) electrons. The van der Waals surface area contributed by atoms with Crippen LogP contribution < -0.4 is 5.73 Å². The Kier molecular flexibility index (Phi) is 4.35. The number of rotatable bonds is 4. The van der Waals surface area contributed by atoms with Crippen LogP contribution in [0.2, 0.25) is 0 Å². The summed E-state index contributed by atoms with van der Waals surface area (Å²) >= 11 is 1.56. The molecule has 0 heterocycles. The molecule has 0 saturated carbocycles. The second-order valence-electron chi connectivity index (χ2n) is 4.09. The highest BCUT2D eigenvalue weighted by Crippen LogP contribution is 2.31. The van der Waals surface area contributed by atoms with E-state index in [2.05, 4.69) is 20.8 Å². The van der Waals surface area contributed by atoms with Crippen molar-refractivity contribution in [2.45, 2.75) is 30.9 Å². The fourth-order valence-corrected chi connectivity index (χ4v) is 2.36. The van der Waals surface area contributed by atoms with Crippen molar-refractivity contribution in [2.75, 3.05) is 0 Å². The van der Waals surface area contributed by atoms with Crippen molar-refractivity contribution in [1.82, 2.24) is 0 Å². The first kappa shape index (κ1) is 13.0. The van der Waals surface area contributed by atoms with Gasteiger partial charge in [0, 0.05) is 10.1 Å². The van der Waals surface area contributed by atoms with Gasteiger partial charge in [0.15, 0.2) is 0 Å². The summed E-state index contributed by atoms with van der Waals surface area (Å²) < 4.78 is 13.5. The topological polar surface area (TPSA) is 49.9 Å². The summed E-state index contributed by atoms with van der Waals surface area (Å²) in [5.74, 6) is -0.141. The van der Waals surface area contributed by atoms with Gasteiger partial charge in [-0.25, -0.2) is 4.39 Å². The van der Waals surface area contributed by atoms with Crippen molar-refractivity contribution >= 4 is 17.6 Å². The number of amidine groups is 1. The predicted molar refractivity (Wildman–Crippen MR) is 67.6 cm³/mol. The lowest BCUT2D eigenvalue weighted by molar-refractivity contribution is 0.619. The van der Waals surface area contributed by atoms with E-state index >= 15 is 0 Å². The Morgan fingerprint density at radius 1 is 1.38 bits per heavy atom. The van der Waals surface area contributed by atoms with Crippen LogP contribution >= 0.6 is 11.8 Å². The van der Waals surface area contributed by atoms with E-state index in [4.69, 9.17) is 11.1 Å². The lowest BCUT2D eigenvalue weighted by Gasteiger charge is -2.17. The number of nitrogens with one attached hydrogen (secondary N) is 1. The molecule has 1 aromatic carbocycles. The molecule has 3 N–H and O–H groups in total. The van der Waals surface area contributed by atoms with Crippen LogP contribution in [0.1, 0.15) is 26.3 Å². The number of hydrogen-bond acceptors (Lipinski definition) is 2. The zero-order chi connectivity index (χ0) is 12.3. The fourth-order valence-electron chi connectivity index (χ4n) is 1.20. The molecule has 1 unspecified atom stereocenters. The van der Waals surface area contributed by atoms with Crippen molar-refractivity contribution < 1.29 is 4.39 Å². The summed E-state index contributed by atoms with van der Waals surface area (Å²) in [5, 5.41) is 7.75. The van der Waals surface area contributed by atoms with Gasteiger partial charge in [0.2, 0.25) is 0 Å². The van der Waals surface area contributed by atoms with Gasteiger partial charge in [-0.05, 0) is 18.1 Å². The number of benzene rings is 1. The maximum atomic E-state index is 13.5. The number of hydrogen-bond donors (Lipinski definition) is 2. The molecule has 0 spiro atoms. The molecule has 16 heavy (non-hydrogen) atoms. The fraction of sp³-hybridized carbons (Fsp3) is 0.417. The van der Waals surface area contributed by atoms with Crippen LogP contribution in [0.25, 0.3) is 0 Å². The van der Waals surface area contributed by atoms with Crippen molar-refractivity contribution in [3.8, 4) is 0 Å². The molecule has 0 amide bonds. The number of halogens is 1. The second-order valence-corrected chi connectivity index (χ2v) is 5.51. The van der Waals surface area contributed by atoms with E-state index in [1.54, 1.807) is 17.8 Å². The standard InChI is InChI=1S/C12H17FN2S/c1-7(2)8(3)16-10-6-4-5-9(13)11(10)12(14)15/h4-8H,1-3H3,(H3,14,15). The highest BCUT2D eigenvalue weighted by molar-refractivity contribution is 8.00. The predicted octanol–water partition coefficient (Wildman–Crippen LogP) is 3.25. The Morgan fingerprint density at radius 2 is 2.00 bits per heavy atom. The van der Waals surface area contributed by atoms with Gasteiger partial charge in [-0.1, -0.05) is 26.8 Å². The van der Waals surface area contributed by atoms with Gasteiger partial charge in [0.05, 0.1) is 5.56 Å².